The van der Waals surface area contributed by atoms with Crippen LogP contribution in [0, 0.1) is 6.92 Å². The summed E-state index contributed by atoms with van der Waals surface area (Å²) in [6.07, 6.45) is 3.89. The van der Waals surface area contributed by atoms with Crippen LogP contribution >= 0.6 is 11.3 Å². The molecule has 2 nitrogen and oxygen atoms in total. The lowest BCUT2D eigenvalue weighted by molar-refractivity contribution is 1.42. The van der Waals surface area contributed by atoms with Crippen LogP contribution in [0.1, 0.15) is 5.56 Å². The lowest BCUT2D eigenvalue weighted by Crippen LogP contribution is -1.78. The minimum Gasteiger partial charge on any atom is -0.361 e. The van der Waals surface area contributed by atoms with Gasteiger partial charge in [-0.25, -0.2) is 0 Å². The fourth-order valence-electron chi connectivity index (χ4n) is 1.85. The van der Waals surface area contributed by atoms with Crippen molar-refractivity contribution in [3.8, 4) is 10.4 Å². The Balaban J connectivity index is 2.29. The second kappa shape index (κ2) is 3.21. The molecular formula is C12H10N2S. The number of benzene rings is 1. The van der Waals surface area contributed by atoms with E-state index >= 15 is 0 Å². The van der Waals surface area contributed by atoms with Crippen LogP contribution in [0.5, 0.6) is 0 Å². The molecule has 15 heavy (non-hydrogen) atoms. The summed E-state index contributed by atoms with van der Waals surface area (Å²) in [5, 5.41) is 1.29. The van der Waals surface area contributed by atoms with Crippen LogP contribution in [-0.4, -0.2) is 9.97 Å². The average Bonchev–Trinajstić information content (AvgIpc) is 2.88. The Bertz CT molecular complexity index is 593. The Morgan fingerprint density at radius 2 is 2.27 bits per heavy atom. The van der Waals surface area contributed by atoms with Gasteiger partial charge < -0.3 is 4.98 Å². The lowest BCUT2D eigenvalue weighted by Gasteiger charge is -2.01. The molecule has 0 unspecified atom stereocenters. The smallest absolute Gasteiger partial charge is 0.0797 e. The molecule has 0 bridgehead atoms. The van der Waals surface area contributed by atoms with E-state index in [9.17, 15) is 0 Å². The Kier molecular flexibility index (Phi) is 1.86. The van der Waals surface area contributed by atoms with Crippen LogP contribution in [0.15, 0.2) is 36.1 Å². The molecule has 0 amide bonds. The number of fused-ring (bicyclic) bond motifs is 1. The van der Waals surface area contributed by atoms with Gasteiger partial charge >= 0.3 is 0 Å². The van der Waals surface area contributed by atoms with E-state index in [0.717, 1.165) is 0 Å². The predicted octanol–water partition coefficient (Wildman–Crippen LogP) is 3.60. The highest BCUT2D eigenvalue weighted by molar-refractivity contribution is 7.13. The maximum absolute atomic E-state index is 4.10. The maximum atomic E-state index is 4.10. The topological polar surface area (TPSA) is 28.7 Å². The second-order valence-corrected chi connectivity index (χ2v) is 4.48. The first-order valence-corrected chi connectivity index (χ1v) is 5.69. The van der Waals surface area contributed by atoms with E-state index in [1.807, 2.05) is 17.9 Å². The van der Waals surface area contributed by atoms with Crippen LogP contribution < -0.4 is 0 Å². The molecule has 0 aliphatic carbocycles. The molecule has 3 heteroatoms. The van der Waals surface area contributed by atoms with Crippen LogP contribution in [-0.2, 0) is 0 Å². The second-order valence-electron chi connectivity index (χ2n) is 3.60. The van der Waals surface area contributed by atoms with E-state index in [4.69, 9.17) is 0 Å². The van der Waals surface area contributed by atoms with Crippen molar-refractivity contribution >= 4 is 22.2 Å². The third-order valence-electron chi connectivity index (χ3n) is 2.59. The Labute approximate surface area is 91.6 Å². The van der Waals surface area contributed by atoms with Gasteiger partial charge in [0, 0.05) is 23.3 Å². The zero-order chi connectivity index (χ0) is 10.3. The highest BCUT2D eigenvalue weighted by Crippen LogP contribution is 2.28. The Morgan fingerprint density at radius 3 is 3.07 bits per heavy atom. The quantitative estimate of drug-likeness (QED) is 0.658. The van der Waals surface area contributed by atoms with Gasteiger partial charge in [0.25, 0.3) is 0 Å². The molecule has 74 valence electrons. The molecular weight excluding hydrogens is 204 g/mol. The number of thiazole rings is 1. The molecule has 0 aliphatic rings. The molecule has 2 aromatic heterocycles. The van der Waals surface area contributed by atoms with E-state index in [1.165, 1.54) is 26.9 Å². The SMILES string of the molecule is Cc1cc(-c2cncs2)cc2[nH]ccc12. The molecule has 0 saturated carbocycles. The molecule has 3 rings (SSSR count). The molecule has 3 aromatic rings. The number of hydrogen-bond donors (Lipinski definition) is 1. The zero-order valence-corrected chi connectivity index (χ0v) is 9.14. The third kappa shape index (κ3) is 1.36. The number of rotatable bonds is 1. The summed E-state index contributed by atoms with van der Waals surface area (Å²) in [6.45, 7) is 2.14. The Morgan fingerprint density at radius 1 is 1.33 bits per heavy atom. The van der Waals surface area contributed by atoms with E-state index in [-0.39, 0.29) is 0 Å². The summed E-state index contributed by atoms with van der Waals surface area (Å²) < 4.78 is 0. The number of aryl methyl sites for hydroxylation is 1. The highest BCUT2D eigenvalue weighted by Gasteiger charge is 2.04. The standard InChI is InChI=1S/C12H10N2S/c1-8-4-9(12-6-13-7-15-12)5-11-10(8)2-3-14-11/h2-7,14H,1H3. The molecule has 0 saturated heterocycles. The summed E-state index contributed by atoms with van der Waals surface area (Å²) in [7, 11) is 0. The average molecular weight is 214 g/mol. The number of H-pyrrole nitrogens is 1. The number of nitrogens with zero attached hydrogens (tertiary/aromatic N) is 1. The van der Waals surface area contributed by atoms with Crippen molar-refractivity contribution in [3.63, 3.8) is 0 Å². The van der Waals surface area contributed by atoms with E-state index in [1.54, 1.807) is 11.3 Å². The van der Waals surface area contributed by atoms with E-state index in [2.05, 4.69) is 35.1 Å². The van der Waals surface area contributed by atoms with Gasteiger partial charge in [-0.05, 0) is 36.2 Å². The van der Waals surface area contributed by atoms with Gasteiger partial charge in [0.05, 0.1) is 10.4 Å². The van der Waals surface area contributed by atoms with Crippen molar-refractivity contribution in [1.82, 2.24) is 9.97 Å². The van der Waals surface area contributed by atoms with Crippen molar-refractivity contribution in [3.05, 3.63) is 41.7 Å². The van der Waals surface area contributed by atoms with Gasteiger partial charge in [-0.3, -0.25) is 4.98 Å². The molecule has 0 radical (unpaired) electrons. The van der Waals surface area contributed by atoms with Gasteiger partial charge in [0.2, 0.25) is 0 Å². The number of aromatic amines is 1. The molecule has 0 aliphatic heterocycles. The normalized spacial score (nSPS) is 11.0. The molecule has 1 aromatic carbocycles. The summed E-state index contributed by atoms with van der Waals surface area (Å²) >= 11 is 1.67. The minimum atomic E-state index is 1.19. The molecule has 1 N–H and O–H groups in total. The van der Waals surface area contributed by atoms with Crippen LogP contribution in [0.3, 0.4) is 0 Å². The van der Waals surface area contributed by atoms with E-state index in [0.29, 0.717) is 0 Å². The van der Waals surface area contributed by atoms with E-state index < -0.39 is 0 Å². The minimum absolute atomic E-state index is 1.19. The summed E-state index contributed by atoms with van der Waals surface area (Å²) in [5.74, 6) is 0. The monoisotopic (exact) mass is 214 g/mol. The van der Waals surface area contributed by atoms with Crippen molar-refractivity contribution in [2.24, 2.45) is 0 Å². The fourth-order valence-corrected chi connectivity index (χ4v) is 2.47. The van der Waals surface area contributed by atoms with Crippen molar-refractivity contribution in [1.29, 1.82) is 0 Å². The summed E-state index contributed by atoms with van der Waals surface area (Å²) in [6, 6.07) is 6.50. The lowest BCUT2D eigenvalue weighted by atomic mass is 10.1. The van der Waals surface area contributed by atoms with Crippen molar-refractivity contribution in [2.75, 3.05) is 0 Å². The summed E-state index contributed by atoms with van der Waals surface area (Å²) in [5.41, 5.74) is 5.60. The van der Waals surface area contributed by atoms with Crippen molar-refractivity contribution < 1.29 is 0 Å². The fraction of sp³-hybridized carbons (Fsp3) is 0.0833. The van der Waals surface area contributed by atoms with Crippen LogP contribution in [0.25, 0.3) is 21.3 Å². The van der Waals surface area contributed by atoms with Gasteiger partial charge in [0.1, 0.15) is 0 Å². The first kappa shape index (κ1) is 8.68. The number of nitrogens with one attached hydrogen (secondary N) is 1. The predicted molar refractivity (Wildman–Crippen MR) is 64.1 cm³/mol. The van der Waals surface area contributed by atoms with Crippen LogP contribution in [0.4, 0.5) is 0 Å². The first-order chi connectivity index (χ1) is 7.34. The van der Waals surface area contributed by atoms with Gasteiger partial charge in [-0.15, -0.1) is 11.3 Å². The van der Waals surface area contributed by atoms with Crippen molar-refractivity contribution in [2.45, 2.75) is 6.92 Å². The van der Waals surface area contributed by atoms with Crippen LogP contribution in [0.2, 0.25) is 0 Å². The zero-order valence-electron chi connectivity index (χ0n) is 8.32. The first-order valence-electron chi connectivity index (χ1n) is 4.81. The summed E-state index contributed by atoms with van der Waals surface area (Å²) in [4.78, 5) is 8.57. The van der Waals surface area contributed by atoms with Gasteiger partial charge in [0.15, 0.2) is 0 Å². The molecule has 0 fully saturated rings. The molecule has 2 heterocycles. The Hall–Kier alpha value is -1.61. The molecule has 0 atom stereocenters. The van der Waals surface area contributed by atoms with Gasteiger partial charge in [-0.1, -0.05) is 0 Å². The third-order valence-corrected chi connectivity index (χ3v) is 3.41. The molecule has 0 spiro atoms. The van der Waals surface area contributed by atoms with Gasteiger partial charge in [-0.2, -0.15) is 0 Å². The maximum Gasteiger partial charge on any atom is 0.0797 e. The highest BCUT2D eigenvalue weighted by atomic mass is 32.1. The number of hydrogen-bond acceptors (Lipinski definition) is 2. The largest absolute Gasteiger partial charge is 0.361 e. The number of aromatic nitrogens is 2.